The van der Waals surface area contributed by atoms with Crippen molar-refractivity contribution in [3.8, 4) is 10.4 Å². The number of rotatable bonds is 6. The fraction of sp³-hybridized carbons (Fsp3) is 0.115. The zero-order valence-corrected chi connectivity index (χ0v) is 17.7. The molecule has 5 rings (SSSR count). The lowest BCUT2D eigenvalue weighted by Gasteiger charge is -2.07. The van der Waals surface area contributed by atoms with Gasteiger partial charge in [-0.1, -0.05) is 36.4 Å². The molecule has 5 heteroatoms. The summed E-state index contributed by atoms with van der Waals surface area (Å²) in [5.41, 5.74) is 10.9. The minimum atomic E-state index is -0.906. The number of hydrogen-bond acceptors (Lipinski definition) is 3. The standard InChI is InChI=1S/C26H22N2O2S/c27-12-11-21-16-28(15-17-5-7-18(8-6-17)26(29)30)23-10-9-20(13-22(21)23)25-14-19-3-1-2-4-24(19)31-25/h1-10,13-14,16H,11-12,15,27H2,(H,29,30). The van der Waals surface area contributed by atoms with E-state index in [1.807, 2.05) is 23.5 Å². The molecule has 0 aliphatic heterocycles. The maximum absolute atomic E-state index is 11.1. The van der Waals surface area contributed by atoms with E-state index in [9.17, 15) is 4.79 Å². The molecule has 0 aliphatic carbocycles. The van der Waals surface area contributed by atoms with Crippen LogP contribution in [0, 0.1) is 0 Å². The van der Waals surface area contributed by atoms with Crippen LogP contribution >= 0.6 is 11.3 Å². The molecule has 0 aliphatic rings. The first kappa shape index (κ1) is 19.5. The summed E-state index contributed by atoms with van der Waals surface area (Å²) in [6.07, 6.45) is 2.99. The van der Waals surface area contributed by atoms with Gasteiger partial charge in [0.25, 0.3) is 0 Å². The van der Waals surface area contributed by atoms with E-state index >= 15 is 0 Å². The predicted octanol–water partition coefficient (Wildman–Crippen LogP) is 5.77. The highest BCUT2D eigenvalue weighted by atomic mass is 32.1. The smallest absolute Gasteiger partial charge is 0.335 e. The molecule has 3 aromatic carbocycles. The fourth-order valence-electron chi connectivity index (χ4n) is 4.08. The summed E-state index contributed by atoms with van der Waals surface area (Å²) in [4.78, 5) is 12.4. The van der Waals surface area contributed by atoms with Crippen LogP contribution in [0.2, 0.25) is 0 Å². The zero-order valence-electron chi connectivity index (χ0n) is 16.9. The van der Waals surface area contributed by atoms with Crippen molar-refractivity contribution >= 4 is 38.3 Å². The van der Waals surface area contributed by atoms with Gasteiger partial charge in [0.05, 0.1) is 5.56 Å². The zero-order chi connectivity index (χ0) is 21.4. The Morgan fingerprint density at radius 2 is 1.81 bits per heavy atom. The first-order chi connectivity index (χ1) is 15.1. The van der Waals surface area contributed by atoms with E-state index in [1.54, 1.807) is 12.1 Å². The summed E-state index contributed by atoms with van der Waals surface area (Å²) < 4.78 is 3.52. The van der Waals surface area contributed by atoms with Crippen LogP contribution in [0.4, 0.5) is 0 Å². The largest absolute Gasteiger partial charge is 0.478 e. The van der Waals surface area contributed by atoms with Crippen molar-refractivity contribution in [2.45, 2.75) is 13.0 Å². The fourth-order valence-corrected chi connectivity index (χ4v) is 5.14. The molecule has 0 atom stereocenters. The summed E-state index contributed by atoms with van der Waals surface area (Å²) in [5, 5.41) is 11.6. The van der Waals surface area contributed by atoms with Crippen LogP contribution in [0.25, 0.3) is 31.4 Å². The van der Waals surface area contributed by atoms with E-state index in [-0.39, 0.29) is 0 Å². The van der Waals surface area contributed by atoms with Gasteiger partial charge in [-0.3, -0.25) is 0 Å². The van der Waals surface area contributed by atoms with Gasteiger partial charge in [-0.25, -0.2) is 4.79 Å². The van der Waals surface area contributed by atoms with Gasteiger partial charge >= 0.3 is 5.97 Å². The normalized spacial score (nSPS) is 11.4. The highest BCUT2D eigenvalue weighted by Gasteiger charge is 2.12. The molecule has 5 aromatic rings. The number of carboxylic acids is 1. The molecular formula is C26H22N2O2S. The first-order valence-corrected chi connectivity index (χ1v) is 11.1. The van der Waals surface area contributed by atoms with E-state index in [4.69, 9.17) is 10.8 Å². The van der Waals surface area contributed by atoms with E-state index in [2.05, 4.69) is 59.3 Å². The van der Waals surface area contributed by atoms with Crippen molar-refractivity contribution in [3.63, 3.8) is 0 Å². The van der Waals surface area contributed by atoms with Crippen molar-refractivity contribution in [1.82, 2.24) is 4.57 Å². The topological polar surface area (TPSA) is 68.2 Å². The Hall–Kier alpha value is -3.41. The molecule has 0 amide bonds. The summed E-state index contributed by atoms with van der Waals surface area (Å²) >= 11 is 1.81. The van der Waals surface area contributed by atoms with Crippen LogP contribution < -0.4 is 5.73 Å². The van der Waals surface area contributed by atoms with Crippen LogP contribution in [0.15, 0.2) is 79.0 Å². The highest BCUT2D eigenvalue weighted by Crippen LogP contribution is 2.36. The minimum absolute atomic E-state index is 0.304. The number of aromatic nitrogens is 1. The average molecular weight is 427 g/mol. The number of benzene rings is 3. The number of thiophene rings is 1. The monoisotopic (exact) mass is 426 g/mol. The van der Waals surface area contributed by atoms with Gasteiger partial charge in [0.1, 0.15) is 0 Å². The maximum Gasteiger partial charge on any atom is 0.335 e. The summed E-state index contributed by atoms with van der Waals surface area (Å²) in [6, 6.07) is 24.4. The van der Waals surface area contributed by atoms with Crippen molar-refractivity contribution in [3.05, 3.63) is 95.7 Å². The van der Waals surface area contributed by atoms with Crippen molar-refractivity contribution < 1.29 is 9.90 Å². The number of carbonyl (C=O) groups is 1. The molecule has 0 unspecified atom stereocenters. The van der Waals surface area contributed by atoms with Crippen LogP contribution in [0.1, 0.15) is 21.5 Å². The average Bonchev–Trinajstić information content (AvgIpc) is 3.36. The van der Waals surface area contributed by atoms with Gasteiger partial charge in [-0.2, -0.15) is 0 Å². The van der Waals surface area contributed by atoms with Crippen molar-refractivity contribution in [1.29, 1.82) is 0 Å². The third-order valence-electron chi connectivity index (χ3n) is 5.64. The molecule has 3 N–H and O–H groups in total. The molecule has 154 valence electrons. The second-order valence-corrected chi connectivity index (χ2v) is 8.79. The van der Waals surface area contributed by atoms with Gasteiger partial charge in [0, 0.05) is 33.2 Å². The van der Waals surface area contributed by atoms with Gasteiger partial charge in [0.15, 0.2) is 0 Å². The van der Waals surface area contributed by atoms with Crippen LogP contribution in [0.5, 0.6) is 0 Å². The number of carboxylic acid groups (broad SMARTS) is 1. The molecule has 0 bridgehead atoms. The second kappa shape index (κ2) is 8.02. The van der Waals surface area contributed by atoms with Gasteiger partial charge < -0.3 is 15.4 Å². The Morgan fingerprint density at radius 3 is 2.55 bits per heavy atom. The number of fused-ring (bicyclic) bond motifs is 2. The van der Waals surface area contributed by atoms with Crippen LogP contribution in [-0.4, -0.2) is 22.2 Å². The molecule has 0 spiro atoms. The predicted molar refractivity (Wildman–Crippen MR) is 128 cm³/mol. The lowest BCUT2D eigenvalue weighted by molar-refractivity contribution is 0.0697. The Balaban J connectivity index is 1.54. The molecule has 0 saturated carbocycles. The van der Waals surface area contributed by atoms with Gasteiger partial charge in [-0.05, 0) is 71.4 Å². The summed E-state index contributed by atoms with van der Waals surface area (Å²) in [5.74, 6) is -0.906. The maximum atomic E-state index is 11.1. The third kappa shape index (κ3) is 3.74. The first-order valence-electron chi connectivity index (χ1n) is 10.3. The molecule has 0 radical (unpaired) electrons. The molecular weight excluding hydrogens is 404 g/mol. The second-order valence-electron chi connectivity index (χ2n) is 7.70. The number of nitrogens with zero attached hydrogens (tertiary/aromatic N) is 1. The number of nitrogens with two attached hydrogens (primary N) is 1. The molecule has 0 fully saturated rings. The highest BCUT2D eigenvalue weighted by molar-refractivity contribution is 7.22. The Morgan fingerprint density at radius 1 is 1.00 bits per heavy atom. The summed E-state index contributed by atoms with van der Waals surface area (Å²) in [7, 11) is 0. The van der Waals surface area contributed by atoms with E-state index in [0.29, 0.717) is 18.7 Å². The lowest BCUT2D eigenvalue weighted by Crippen LogP contribution is -2.02. The third-order valence-corrected chi connectivity index (χ3v) is 6.81. The molecule has 31 heavy (non-hydrogen) atoms. The van der Waals surface area contributed by atoms with Crippen LogP contribution in [0.3, 0.4) is 0 Å². The van der Waals surface area contributed by atoms with Crippen LogP contribution in [-0.2, 0) is 13.0 Å². The number of hydrogen-bond donors (Lipinski definition) is 2. The Bertz CT molecular complexity index is 1360. The minimum Gasteiger partial charge on any atom is -0.478 e. The number of aromatic carboxylic acids is 1. The Kier molecular flexibility index (Phi) is 5.06. The van der Waals surface area contributed by atoms with E-state index in [1.165, 1.54) is 31.5 Å². The van der Waals surface area contributed by atoms with E-state index < -0.39 is 5.97 Å². The summed E-state index contributed by atoms with van der Waals surface area (Å²) in [6.45, 7) is 1.28. The Labute approximate surface area is 184 Å². The molecule has 0 saturated heterocycles. The molecule has 4 nitrogen and oxygen atoms in total. The van der Waals surface area contributed by atoms with Crippen molar-refractivity contribution in [2.75, 3.05) is 6.54 Å². The lowest BCUT2D eigenvalue weighted by atomic mass is 10.1. The quantitative estimate of drug-likeness (QED) is 0.362. The van der Waals surface area contributed by atoms with Crippen molar-refractivity contribution in [2.24, 2.45) is 5.73 Å². The SMILES string of the molecule is NCCc1cn(Cc2ccc(C(=O)O)cc2)c2ccc(-c3cc4ccccc4s3)cc12. The molecule has 2 aromatic heterocycles. The molecule has 2 heterocycles. The van der Waals surface area contributed by atoms with Gasteiger partial charge in [0.2, 0.25) is 0 Å². The van der Waals surface area contributed by atoms with E-state index in [0.717, 1.165) is 17.5 Å². The van der Waals surface area contributed by atoms with Gasteiger partial charge in [-0.15, -0.1) is 11.3 Å².